The Morgan fingerprint density at radius 1 is 1.44 bits per heavy atom. The minimum atomic E-state index is 0.164. The third-order valence-electron chi connectivity index (χ3n) is 2.92. The lowest BCUT2D eigenvalue weighted by atomic mass is 9.87. The Kier molecular flexibility index (Phi) is 5.06. The van der Waals surface area contributed by atoms with E-state index in [0.717, 1.165) is 12.0 Å². The van der Waals surface area contributed by atoms with E-state index in [2.05, 4.69) is 13.0 Å². The van der Waals surface area contributed by atoms with Crippen molar-refractivity contribution in [2.75, 3.05) is 6.61 Å². The highest BCUT2D eigenvalue weighted by Crippen LogP contribution is 2.31. The minimum absolute atomic E-state index is 0.164. The summed E-state index contributed by atoms with van der Waals surface area (Å²) in [5.41, 5.74) is 2.38. The van der Waals surface area contributed by atoms with Crippen molar-refractivity contribution in [1.29, 1.82) is 0 Å². The quantitative estimate of drug-likeness (QED) is 0.748. The van der Waals surface area contributed by atoms with Gasteiger partial charge in [0.1, 0.15) is 5.75 Å². The van der Waals surface area contributed by atoms with E-state index in [9.17, 15) is 5.11 Å². The van der Waals surface area contributed by atoms with E-state index in [4.69, 9.17) is 5.11 Å². The Morgan fingerprint density at radius 2 is 2.19 bits per heavy atom. The maximum Gasteiger partial charge on any atom is 0.115 e. The zero-order valence-electron chi connectivity index (χ0n) is 9.98. The Labute approximate surface area is 97.2 Å². The molecule has 0 aliphatic rings. The minimum Gasteiger partial charge on any atom is -0.508 e. The molecule has 0 aliphatic carbocycles. The number of benzene rings is 1. The molecule has 1 rings (SSSR count). The van der Waals surface area contributed by atoms with Crippen molar-refractivity contribution in [3.63, 3.8) is 0 Å². The van der Waals surface area contributed by atoms with Crippen LogP contribution in [0.2, 0.25) is 0 Å². The van der Waals surface area contributed by atoms with E-state index >= 15 is 0 Å². The number of phenols is 1. The van der Waals surface area contributed by atoms with Gasteiger partial charge in [0.2, 0.25) is 0 Å². The fourth-order valence-electron chi connectivity index (χ4n) is 2.09. The molecular formula is C14H20O2. The molecule has 0 amide bonds. The average molecular weight is 220 g/mol. The molecule has 0 radical (unpaired) electrons. The van der Waals surface area contributed by atoms with Crippen molar-refractivity contribution in [3.8, 4) is 5.75 Å². The van der Waals surface area contributed by atoms with Gasteiger partial charge >= 0.3 is 0 Å². The lowest BCUT2D eigenvalue weighted by Gasteiger charge is -2.19. The molecule has 1 aromatic carbocycles. The Morgan fingerprint density at radius 3 is 2.69 bits per heavy atom. The number of phenolic OH excluding ortho intramolecular Hbond substituents is 1. The molecule has 1 unspecified atom stereocenters. The molecule has 1 aromatic rings. The smallest absolute Gasteiger partial charge is 0.115 e. The van der Waals surface area contributed by atoms with E-state index in [1.165, 1.54) is 5.57 Å². The van der Waals surface area contributed by atoms with Crippen molar-refractivity contribution in [3.05, 3.63) is 41.5 Å². The number of allylic oxidation sites excluding steroid dienone is 2. The van der Waals surface area contributed by atoms with Gasteiger partial charge in [-0.1, -0.05) is 30.7 Å². The highest BCUT2D eigenvalue weighted by atomic mass is 16.3. The van der Waals surface area contributed by atoms with Crippen LogP contribution in [0.1, 0.15) is 38.2 Å². The van der Waals surface area contributed by atoms with E-state index in [0.29, 0.717) is 6.42 Å². The third kappa shape index (κ3) is 3.11. The summed E-state index contributed by atoms with van der Waals surface area (Å²) < 4.78 is 0. The van der Waals surface area contributed by atoms with Crippen molar-refractivity contribution in [2.45, 2.75) is 32.6 Å². The van der Waals surface area contributed by atoms with E-state index in [-0.39, 0.29) is 18.3 Å². The number of hydrogen-bond acceptors (Lipinski definition) is 2. The maximum absolute atomic E-state index is 9.48. The van der Waals surface area contributed by atoms with Crippen LogP contribution in [-0.4, -0.2) is 16.8 Å². The maximum atomic E-state index is 9.48. The molecule has 0 saturated heterocycles. The topological polar surface area (TPSA) is 40.5 Å². The first-order chi connectivity index (χ1) is 7.72. The summed E-state index contributed by atoms with van der Waals surface area (Å²) in [5.74, 6) is 0.499. The summed E-state index contributed by atoms with van der Waals surface area (Å²) in [5, 5.41) is 18.6. The van der Waals surface area contributed by atoms with Crippen LogP contribution < -0.4 is 0 Å². The molecule has 1 atom stereocenters. The number of aliphatic hydroxyl groups is 1. The van der Waals surface area contributed by atoms with Crippen molar-refractivity contribution in [1.82, 2.24) is 0 Å². The SMILES string of the molecule is C/C=C(/CC)C(CCO)c1cccc(O)c1. The van der Waals surface area contributed by atoms with Gasteiger partial charge in [0.25, 0.3) is 0 Å². The van der Waals surface area contributed by atoms with Crippen LogP contribution in [0.15, 0.2) is 35.9 Å². The molecule has 2 nitrogen and oxygen atoms in total. The molecular weight excluding hydrogens is 200 g/mol. The lowest BCUT2D eigenvalue weighted by Crippen LogP contribution is -2.04. The first kappa shape index (κ1) is 12.8. The number of rotatable bonds is 5. The van der Waals surface area contributed by atoms with Crippen molar-refractivity contribution in [2.24, 2.45) is 0 Å². The molecule has 0 saturated carbocycles. The van der Waals surface area contributed by atoms with Gasteiger partial charge in [0.15, 0.2) is 0 Å². The molecule has 0 fully saturated rings. The Hall–Kier alpha value is -1.28. The summed E-state index contributed by atoms with van der Waals surface area (Å²) in [4.78, 5) is 0. The van der Waals surface area contributed by atoms with Crippen LogP contribution in [0.5, 0.6) is 5.75 Å². The van der Waals surface area contributed by atoms with Gasteiger partial charge in [-0.15, -0.1) is 0 Å². The monoisotopic (exact) mass is 220 g/mol. The van der Waals surface area contributed by atoms with Gasteiger partial charge < -0.3 is 10.2 Å². The predicted molar refractivity (Wildman–Crippen MR) is 66.6 cm³/mol. The highest BCUT2D eigenvalue weighted by molar-refractivity contribution is 5.34. The van der Waals surface area contributed by atoms with Gasteiger partial charge in [0.05, 0.1) is 0 Å². The van der Waals surface area contributed by atoms with Crippen molar-refractivity contribution >= 4 is 0 Å². The number of aromatic hydroxyl groups is 1. The first-order valence-corrected chi connectivity index (χ1v) is 5.77. The van der Waals surface area contributed by atoms with Crippen LogP contribution in [-0.2, 0) is 0 Å². The van der Waals surface area contributed by atoms with E-state index < -0.39 is 0 Å². The molecule has 88 valence electrons. The first-order valence-electron chi connectivity index (χ1n) is 5.77. The van der Waals surface area contributed by atoms with Crippen LogP contribution in [0.25, 0.3) is 0 Å². The van der Waals surface area contributed by atoms with E-state index in [1.54, 1.807) is 12.1 Å². The largest absolute Gasteiger partial charge is 0.508 e. The summed E-state index contributed by atoms with van der Waals surface area (Å²) in [6, 6.07) is 7.29. The van der Waals surface area contributed by atoms with Crippen LogP contribution in [0, 0.1) is 0 Å². The van der Waals surface area contributed by atoms with Gasteiger partial charge in [-0.3, -0.25) is 0 Å². The molecule has 2 N–H and O–H groups in total. The van der Waals surface area contributed by atoms with Crippen molar-refractivity contribution < 1.29 is 10.2 Å². The summed E-state index contributed by atoms with van der Waals surface area (Å²) in [7, 11) is 0. The fraction of sp³-hybridized carbons (Fsp3) is 0.429. The molecule has 0 bridgehead atoms. The van der Waals surface area contributed by atoms with Gasteiger partial charge in [-0.05, 0) is 37.5 Å². The Bertz CT molecular complexity index is 356. The third-order valence-corrected chi connectivity index (χ3v) is 2.92. The normalized spacial score (nSPS) is 13.8. The van der Waals surface area contributed by atoms with Gasteiger partial charge in [-0.25, -0.2) is 0 Å². The van der Waals surface area contributed by atoms with E-state index in [1.807, 2.05) is 19.1 Å². The number of aliphatic hydroxyl groups excluding tert-OH is 1. The lowest BCUT2D eigenvalue weighted by molar-refractivity contribution is 0.280. The standard InChI is InChI=1S/C14H20O2/c1-3-11(4-2)14(8-9-15)12-6-5-7-13(16)10-12/h3,5-7,10,14-16H,4,8-9H2,1-2H3/b11-3-. The van der Waals surface area contributed by atoms with Crippen LogP contribution in [0.3, 0.4) is 0 Å². The molecule has 0 aromatic heterocycles. The second kappa shape index (κ2) is 6.33. The molecule has 0 aliphatic heterocycles. The van der Waals surface area contributed by atoms with Gasteiger partial charge in [-0.2, -0.15) is 0 Å². The molecule has 2 heteroatoms. The summed E-state index contributed by atoms with van der Waals surface area (Å²) in [6.45, 7) is 4.30. The predicted octanol–water partition coefficient (Wildman–Crippen LogP) is 3.21. The molecule has 0 heterocycles. The zero-order valence-corrected chi connectivity index (χ0v) is 9.98. The highest BCUT2D eigenvalue weighted by Gasteiger charge is 2.14. The van der Waals surface area contributed by atoms with Crippen LogP contribution in [0.4, 0.5) is 0 Å². The zero-order chi connectivity index (χ0) is 12.0. The Balaban J connectivity index is 3.02. The van der Waals surface area contributed by atoms with Gasteiger partial charge in [0, 0.05) is 12.5 Å². The second-order valence-corrected chi connectivity index (χ2v) is 3.88. The average Bonchev–Trinajstić information content (AvgIpc) is 2.29. The summed E-state index contributed by atoms with van der Waals surface area (Å²) >= 11 is 0. The number of hydrogen-bond donors (Lipinski definition) is 2. The molecule has 16 heavy (non-hydrogen) atoms. The summed E-state index contributed by atoms with van der Waals surface area (Å²) in [6.07, 6.45) is 3.78. The second-order valence-electron chi connectivity index (χ2n) is 3.88. The molecule has 0 spiro atoms. The fourth-order valence-corrected chi connectivity index (χ4v) is 2.09. The van der Waals surface area contributed by atoms with Crippen LogP contribution >= 0.6 is 0 Å².